The van der Waals surface area contributed by atoms with Crippen LogP contribution in [-0.2, 0) is 13.0 Å². The van der Waals surface area contributed by atoms with Crippen molar-refractivity contribution in [3.05, 3.63) is 29.7 Å². The van der Waals surface area contributed by atoms with Gasteiger partial charge in [-0.25, -0.2) is 4.98 Å². The van der Waals surface area contributed by atoms with E-state index >= 15 is 0 Å². The average Bonchev–Trinajstić information content (AvgIpc) is 3.28. The molecular weight excluding hydrogens is 336 g/mol. The van der Waals surface area contributed by atoms with Gasteiger partial charge in [0, 0.05) is 38.9 Å². The lowest BCUT2D eigenvalue weighted by molar-refractivity contribution is -0.0507. The highest BCUT2D eigenvalue weighted by atomic mass is 16.5. The Labute approximate surface area is 151 Å². The Balaban J connectivity index is 1.47. The largest absolute Gasteiger partial charge is 0.483 e. The Morgan fingerprint density at radius 1 is 1.38 bits per heavy atom. The van der Waals surface area contributed by atoms with Gasteiger partial charge in [-0.2, -0.15) is 5.10 Å². The highest BCUT2D eigenvalue weighted by Crippen LogP contribution is 2.43. The van der Waals surface area contributed by atoms with Gasteiger partial charge in [0.25, 0.3) is 5.91 Å². The molecule has 4 rings (SSSR count). The number of aliphatic hydroxyl groups is 1. The van der Waals surface area contributed by atoms with E-state index < -0.39 is 11.7 Å². The van der Waals surface area contributed by atoms with Gasteiger partial charge in [0.15, 0.2) is 12.1 Å². The highest BCUT2D eigenvalue weighted by Gasteiger charge is 2.45. The number of piperidine rings is 1. The number of ether oxygens (including phenoxy) is 1. The van der Waals surface area contributed by atoms with Crippen LogP contribution in [0.1, 0.15) is 61.2 Å². The Morgan fingerprint density at radius 3 is 2.85 bits per heavy atom. The number of fused-ring (bicyclic) bond motifs is 1. The monoisotopic (exact) mass is 360 g/mol. The van der Waals surface area contributed by atoms with Gasteiger partial charge in [0.1, 0.15) is 17.4 Å². The molecule has 8 heteroatoms. The maximum absolute atomic E-state index is 12.7. The standard InChI is InChI=1S/C18H24N4O4/c1-3-12-16(25-11-19-12)17(24)21-7-5-18(6-8-21)9-13(23)15-14(26-18)10-22(4-2)20-15/h10-11,13,23H,3-9H2,1-2H3. The van der Waals surface area contributed by atoms with Crippen LogP contribution in [0.5, 0.6) is 5.75 Å². The minimum atomic E-state index is -0.630. The fraction of sp³-hybridized carbons (Fsp3) is 0.611. The molecule has 1 spiro atoms. The topological polar surface area (TPSA) is 93.6 Å². The summed E-state index contributed by atoms with van der Waals surface area (Å²) in [6.45, 7) is 5.80. The van der Waals surface area contributed by atoms with Gasteiger partial charge in [-0.1, -0.05) is 6.92 Å². The molecule has 26 heavy (non-hydrogen) atoms. The summed E-state index contributed by atoms with van der Waals surface area (Å²) in [6.07, 6.45) is 5.05. The normalized spacial score (nSPS) is 21.5. The SMILES string of the molecule is CCc1ncoc1C(=O)N1CCC2(CC1)CC(O)c1nn(CC)cc1O2. The molecule has 0 radical (unpaired) electrons. The summed E-state index contributed by atoms with van der Waals surface area (Å²) < 4.78 is 13.3. The lowest BCUT2D eigenvalue weighted by Gasteiger charge is -2.44. The average molecular weight is 360 g/mol. The van der Waals surface area contributed by atoms with Gasteiger partial charge in [-0.3, -0.25) is 9.48 Å². The number of aliphatic hydroxyl groups excluding tert-OH is 1. The van der Waals surface area contributed by atoms with Crippen LogP contribution in [0.2, 0.25) is 0 Å². The number of carbonyl (C=O) groups is 1. The lowest BCUT2D eigenvalue weighted by Crippen LogP contribution is -2.51. The third kappa shape index (κ3) is 2.78. The molecule has 1 amide bonds. The van der Waals surface area contributed by atoms with Crippen LogP contribution in [0, 0.1) is 0 Å². The maximum Gasteiger partial charge on any atom is 0.291 e. The van der Waals surface area contributed by atoms with Crippen molar-refractivity contribution in [3.63, 3.8) is 0 Å². The molecule has 0 bridgehead atoms. The molecule has 8 nitrogen and oxygen atoms in total. The Morgan fingerprint density at radius 2 is 2.15 bits per heavy atom. The second kappa shape index (κ2) is 6.42. The molecule has 2 aromatic rings. The fourth-order valence-electron chi connectivity index (χ4n) is 3.88. The lowest BCUT2D eigenvalue weighted by atomic mass is 9.83. The van der Waals surface area contributed by atoms with Crippen molar-refractivity contribution in [1.29, 1.82) is 0 Å². The molecule has 1 saturated heterocycles. The summed E-state index contributed by atoms with van der Waals surface area (Å²) in [4.78, 5) is 18.6. The third-order valence-electron chi connectivity index (χ3n) is 5.42. The first-order chi connectivity index (χ1) is 12.5. The molecule has 1 N–H and O–H groups in total. The van der Waals surface area contributed by atoms with Crippen LogP contribution in [0.4, 0.5) is 0 Å². The van der Waals surface area contributed by atoms with Gasteiger partial charge in [-0.05, 0) is 13.3 Å². The molecule has 1 unspecified atom stereocenters. The molecule has 1 atom stereocenters. The summed E-state index contributed by atoms with van der Waals surface area (Å²) in [5, 5.41) is 14.9. The smallest absolute Gasteiger partial charge is 0.291 e. The van der Waals surface area contributed by atoms with Gasteiger partial charge in [-0.15, -0.1) is 0 Å². The number of amides is 1. The van der Waals surface area contributed by atoms with Gasteiger partial charge < -0.3 is 19.2 Å². The van der Waals surface area contributed by atoms with Crippen molar-refractivity contribution in [3.8, 4) is 5.75 Å². The van der Waals surface area contributed by atoms with E-state index in [2.05, 4.69) is 10.1 Å². The molecule has 0 aliphatic carbocycles. The maximum atomic E-state index is 12.7. The molecule has 0 saturated carbocycles. The minimum absolute atomic E-state index is 0.120. The van der Waals surface area contributed by atoms with E-state index in [9.17, 15) is 9.90 Å². The second-order valence-corrected chi connectivity index (χ2v) is 7.01. The minimum Gasteiger partial charge on any atom is -0.483 e. The van der Waals surface area contributed by atoms with Gasteiger partial charge in [0.2, 0.25) is 5.76 Å². The number of oxazole rings is 1. The predicted molar refractivity (Wildman–Crippen MR) is 91.9 cm³/mol. The van der Waals surface area contributed by atoms with Gasteiger partial charge in [0.05, 0.1) is 11.9 Å². The van der Waals surface area contributed by atoms with Gasteiger partial charge >= 0.3 is 0 Å². The quantitative estimate of drug-likeness (QED) is 0.899. The number of carbonyl (C=O) groups excluding carboxylic acids is 1. The van der Waals surface area contributed by atoms with Crippen molar-refractivity contribution in [2.45, 2.75) is 57.8 Å². The van der Waals surface area contributed by atoms with Crippen molar-refractivity contribution in [2.24, 2.45) is 0 Å². The molecule has 2 aliphatic rings. The Kier molecular flexibility index (Phi) is 4.22. The molecule has 2 aromatic heterocycles. The van der Waals surface area contributed by atoms with Crippen LogP contribution in [0.25, 0.3) is 0 Å². The van der Waals surface area contributed by atoms with E-state index in [1.165, 1.54) is 6.39 Å². The number of likely N-dealkylation sites (tertiary alicyclic amines) is 1. The van der Waals surface area contributed by atoms with Crippen molar-refractivity contribution in [2.75, 3.05) is 13.1 Å². The zero-order chi connectivity index (χ0) is 18.3. The van der Waals surface area contributed by atoms with E-state index in [1.54, 1.807) is 9.58 Å². The number of hydrogen-bond acceptors (Lipinski definition) is 6. The summed E-state index contributed by atoms with van der Waals surface area (Å²) in [5.74, 6) is 0.874. The highest BCUT2D eigenvalue weighted by molar-refractivity contribution is 5.92. The Bertz CT molecular complexity index is 804. The van der Waals surface area contributed by atoms with Crippen molar-refractivity contribution < 1.29 is 19.1 Å². The molecule has 140 valence electrons. The fourth-order valence-corrected chi connectivity index (χ4v) is 3.88. The number of aromatic nitrogens is 3. The Hall–Kier alpha value is -2.35. The second-order valence-electron chi connectivity index (χ2n) is 7.01. The van der Waals surface area contributed by atoms with E-state index in [4.69, 9.17) is 9.15 Å². The van der Waals surface area contributed by atoms with Crippen LogP contribution in [0.3, 0.4) is 0 Å². The van der Waals surface area contributed by atoms with E-state index in [0.717, 1.165) is 6.54 Å². The number of hydrogen-bond donors (Lipinski definition) is 1. The molecular formula is C18H24N4O4. The number of aryl methyl sites for hydroxylation is 2. The summed E-state index contributed by atoms with van der Waals surface area (Å²) in [5.41, 5.74) is 0.862. The first-order valence-corrected chi connectivity index (χ1v) is 9.21. The zero-order valence-electron chi connectivity index (χ0n) is 15.1. The molecule has 1 fully saturated rings. The number of nitrogens with zero attached hydrogens (tertiary/aromatic N) is 4. The van der Waals surface area contributed by atoms with E-state index in [1.807, 2.05) is 20.0 Å². The van der Waals surface area contributed by atoms with Crippen molar-refractivity contribution in [1.82, 2.24) is 19.7 Å². The zero-order valence-corrected chi connectivity index (χ0v) is 15.1. The first kappa shape index (κ1) is 17.1. The first-order valence-electron chi connectivity index (χ1n) is 9.21. The van der Waals surface area contributed by atoms with Crippen LogP contribution < -0.4 is 4.74 Å². The predicted octanol–water partition coefficient (Wildman–Crippen LogP) is 1.94. The summed E-state index contributed by atoms with van der Waals surface area (Å²) in [6, 6.07) is 0. The van der Waals surface area contributed by atoms with E-state index in [-0.39, 0.29) is 5.91 Å². The van der Waals surface area contributed by atoms with Crippen LogP contribution in [-0.4, -0.2) is 49.4 Å². The van der Waals surface area contributed by atoms with Crippen LogP contribution >= 0.6 is 0 Å². The van der Waals surface area contributed by atoms with Crippen molar-refractivity contribution >= 4 is 5.91 Å². The summed E-state index contributed by atoms with van der Waals surface area (Å²) >= 11 is 0. The third-order valence-corrected chi connectivity index (χ3v) is 5.42. The molecule has 4 heterocycles. The molecule has 0 aromatic carbocycles. The summed E-state index contributed by atoms with van der Waals surface area (Å²) in [7, 11) is 0. The van der Waals surface area contributed by atoms with E-state index in [0.29, 0.717) is 61.7 Å². The van der Waals surface area contributed by atoms with Crippen LogP contribution in [0.15, 0.2) is 17.0 Å². The molecule has 2 aliphatic heterocycles. The number of rotatable bonds is 3.